The fourth-order valence-corrected chi connectivity index (χ4v) is 14.7. The number of carboxylic acids is 1. The maximum Gasteiger partial charge on any atom is 0.309 e. The van der Waals surface area contributed by atoms with E-state index in [-0.39, 0.29) is 5.41 Å². The number of rotatable bonds is 7. The van der Waals surface area contributed by atoms with Gasteiger partial charge in [0.1, 0.15) is 0 Å². The average molecular weight is 659 g/mol. The van der Waals surface area contributed by atoms with Crippen molar-refractivity contribution in [2.75, 3.05) is 26.2 Å². The lowest BCUT2D eigenvalue weighted by atomic mass is 9.33. The van der Waals surface area contributed by atoms with E-state index in [9.17, 15) is 9.90 Å². The molecule has 0 aromatic heterocycles. The Bertz CT molecular complexity index is 1360. The predicted molar refractivity (Wildman–Crippen MR) is 199 cm³/mol. The molecule has 0 radical (unpaired) electrons. The Kier molecular flexibility index (Phi) is 8.83. The molecule has 10 atom stereocenters. The first-order valence-electron chi connectivity index (χ1n) is 20.4. The molecule has 48 heavy (non-hydrogen) atoms. The van der Waals surface area contributed by atoms with Crippen LogP contribution in [-0.4, -0.2) is 47.7 Å². The zero-order valence-electron chi connectivity index (χ0n) is 32.0. The SMILES string of the molecule is C=C(C)[C@@H]1CC[C@]2(NCCN3CCCCC3)CC[C@]3(C)[C@H](CC[C@@H]4[C@@]5(C)CC=C(C6=CC[C@](C)(C(=O)O)CC6)C(C)(C)[C@@H]5CC[C@]43C)[C@@H]12. The predicted octanol–water partition coefficient (Wildman–Crippen LogP) is 10.2. The first-order valence-corrected chi connectivity index (χ1v) is 20.4. The first-order chi connectivity index (χ1) is 22.6. The molecule has 0 spiro atoms. The van der Waals surface area contributed by atoms with Gasteiger partial charge < -0.3 is 15.3 Å². The smallest absolute Gasteiger partial charge is 0.309 e. The quantitative estimate of drug-likeness (QED) is 0.267. The van der Waals surface area contributed by atoms with Crippen molar-refractivity contribution in [1.29, 1.82) is 0 Å². The van der Waals surface area contributed by atoms with Crippen LogP contribution < -0.4 is 5.32 Å². The summed E-state index contributed by atoms with van der Waals surface area (Å²) in [6, 6.07) is 0. The molecule has 0 bridgehead atoms. The van der Waals surface area contributed by atoms with Crippen LogP contribution in [0.25, 0.3) is 0 Å². The summed E-state index contributed by atoms with van der Waals surface area (Å²) in [6.07, 6.45) is 23.5. The first kappa shape index (κ1) is 35.0. The van der Waals surface area contributed by atoms with Crippen molar-refractivity contribution < 1.29 is 9.90 Å². The number of hydrogen-bond acceptors (Lipinski definition) is 3. The number of carbonyl (C=O) groups is 1. The molecule has 1 heterocycles. The van der Waals surface area contributed by atoms with E-state index >= 15 is 0 Å². The van der Waals surface area contributed by atoms with Crippen LogP contribution in [0.3, 0.4) is 0 Å². The van der Waals surface area contributed by atoms with Crippen molar-refractivity contribution in [1.82, 2.24) is 10.2 Å². The normalized spacial score (nSPS) is 47.1. The van der Waals surface area contributed by atoms with Crippen LogP contribution in [0.5, 0.6) is 0 Å². The van der Waals surface area contributed by atoms with E-state index in [1.165, 1.54) is 108 Å². The summed E-state index contributed by atoms with van der Waals surface area (Å²) in [5.74, 6) is 2.95. The molecule has 4 nitrogen and oxygen atoms in total. The van der Waals surface area contributed by atoms with E-state index < -0.39 is 11.4 Å². The molecule has 5 fully saturated rings. The molecule has 7 aliphatic rings. The number of hydrogen-bond donors (Lipinski definition) is 2. The molecule has 0 aromatic carbocycles. The van der Waals surface area contributed by atoms with Gasteiger partial charge in [-0.15, -0.1) is 0 Å². The number of piperidine rings is 1. The zero-order chi connectivity index (χ0) is 34.3. The number of carboxylic acid groups (broad SMARTS) is 1. The van der Waals surface area contributed by atoms with Gasteiger partial charge in [0.05, 0.1) is 5.41 Å². The Morgan fingerprint density at radius 2 is 1.62 bits per heavy atom. The van der Waals surface area contributed by atoms with Crippen LogP contribution in [-0.2, 0) is 4.79 Å². The Labute approximate surface area is 294 Å². The molecule has 0 amide bonds. The second-order valence-electron chi connectivity index (χ2n) is 20.0. The Morgan fingerprint density at radius 3 is 2.29 bits per heavy atom. The van der Waals surface area contributed by atoms with Gasteiger partial charge >= 0.3 is 5.97 Å². The van der Waals surface area contributed by atoms with E-state index in [1.54, 1.807) is 5.57 Å². The van der Waals surface area contributed by atoms with Crippen molar-refractivity contribution in [2.45, 2.75) is 150 Å². The Hall–Kier alpha value is -1.39. The largest absolute Gasteiger partial charge is 0.481 e. The number of fused-ring (bicyclic) bond motifs is 7. The van der Waals surface area contributed by atoms with Gasteiger partial charge in [-0.3, -0.25) is 4.79 Å². The average Bonchev–Trinajstić information content (AvgIpc) is 3.42. The topological polar surface area (TPSA) is 52.6 Å². The highest BCUT2D eigenvalue weighted by Crippen LogP contribution is 2.76. The van der Waals surface area contributed by atoms with Crippen molar-refractivity contribution in [3.8, 4) is 0 Å². The van der Waals surface area contributed by atoms with Gasteiger partial charge in [0, 0.05) is 18.6 Å². The summed E-state index contributed by atoms with van der Waals surface area (Å²) in [5, 5.41) is 14.2. The minimum absolute atomic E-state index is 0.116. The second-order valence-corrected chi connectivity index (χ2v) is 20.0. The molecule has 7 rings (SSSR count). The molecule has 4 heteroatoms. The van der Waals surface area contributed by atoms with Crippen LogP contribution in [0, 0.1) is 56.7 Å². The van der Waals surface area contributed by atoms with E-state index in [0.29, 0.717) is 40.0 Å². The van der Waals surface area contributed by atoms with Crippen molar-refractivity contribution in [2.24, 2.45) is 56.7 Å². The molecule has 0 unspecified atom stereocenters. The number of aliphatic carboxylic acids is 1. The van der Waals surface area contributed by atoms with Gasteiger partial charge in [-0.2, -0.15) is 0 Å². The Morgan fingerprint density at radius 1 is 0.875 bits per heavy atom. The van der Waals surface area contributed by atoms with E-state index in [0.717, 1.165) is 37.1 Å². The van der Waals surface area contributed by atoms with Crippen molar-refractivity contribution >= 4 is 5.97 Å². The van der Waals surface area contributed by atoms with Crippen LogP contribution in [0.1, 0.15) is 145 Å². The van der Waals surface area contributed by atoms with Gasteiger partial charge in [0.25, 0.3) is 0 Å². The van der Waals surface area contributed by atoms with E-state index in [1.807, 2.05) is 6.92 Å². The lowest BCUT2D eigenvalue weighted by Gasteiger charge is -2.72. The molecule has 2 N–H and O–H groups in total. The third-order valence-electron chi connectivity index (χ3n) is 17.6. The van der Waals surface area contributed by atoms with Gasteiger partial charge in [0.15, 0.2) is 0 Å². The molecule has 4 saturated carbocycles. The lowest BCUT2D eigenvalue weighted by Crippen LogP contribution is -2.68. The second kappa shape index (κ2) is 12.1. The third-order valence-corrected chi connectivity index (χ3v) is 17.6. The zero-order valence-corrected chi connectivity index (χ0v) is 32.0. The Balaban J connectivity index is 1.15. The van der Waals surface area contributed by atoms with Crippen molar-refractivity contribution in [3.05, 3.63) is 35.5 Å². The van der Waals surface area contributed by atoms with Gasteiger partial charge in [-0.1, -0.05) is 65.3 Å². The fraction of sp³-hybridized carbons (Fsp3) is 0.841. The highest BCUT2D eigenvalue weighted by Gasteiger charge is 2.70. The summed E-state index contributed by atoms with van der Waals surface area (Å²) >= 11 is 0. The van der Waals surface area contributed by atoms with Crippen molar-refractivity contribution in [3.63, 3.8) is 0 Å². The molecular weight excluding hydrogens is 588 g/mol. The van der Waals surface area contributed by atoms with E-state index in [4.69, 9.17) is 0 Å². The minimum Gasteiger partial charge on any atom is -0.481 e. The standard InChI is InChI=1S/C44H70N2O2/c1-30(2)32-16-23-44(45-26-29-46-27-10-9-11-28-46)25-24-42(7)34(37(32)44)12-13-36-41(6)21-17-33(31-14-19-40(5,20-15-31)38(47)48)39(3,4)35(41)18-22-43(36,42)8/h14,17,32,34-37,45H,1,9-13,15-16,18-29H2,2-8H3,(H,47,48)/t32-,34+,35-,36+,37+,40-,41-,42+,43+,44-/m0/s1. The van der Waals surface area contributed by atoms with Crippen LogP contribution in [0.2, 0.25) is 0 Å². The highest BCUT2D eigenvalue weighted by atomic mass is 16.4. The third kappa shape index (κ3) is 5.13. The molecular formula is C44H70N2O2. The fourth-order valence-electron chi connectivity index (χ4n) is 14.7. The summed E-state index contributed by atoms with van der Waals surface area (Å²) < 4.78 is 0. The molecule has 6 aliphatic carbocycles. The van der Waals surface area contributed by atoms with Gasteiger partial charge in [-0.25, -0.2) is 0 Å². The summed E-state index contributed by atoms with van der Waals surface area (Å²) in [4.78, 5) is 14.7. The van der Waals surface area contributed by atoms with Gasteiger partial charge in [0.2, 0.25) is 0 Å². The highest BCUT2D eigenvalue weighted by molar-refractivity contribution is 5.75. The molecule has 268 valence electrons. The maximum absolute atomic E-state index is 12.0. The number of nitrogens with one attached hydrogen (secondary N) is 1. The van der Waals surface area contributed by atoms with E-state index in [2.05, 4.69) is 70.5 Å². The molecule has 1 aliphatic heterocycles. The summed E-state index contributed by atoms with van der Waals surface area (Å²) in [5.41, 5.74) is 5.28. The number of nitrogens with zero attached hydrogens (tertiary/aromatic N) is 1. The molecule has 1 saturated heterocycles. The maximum atomic E-state index is 12.0. The van der Waals surface area contributed by atoms with Crippen LogP contribution >= 0.6 is 0 Å². The lowest BCUT2D eigenvalue weighted by molar-refractivity contribution is -0.221. The van der Waals surface area contributed by atoms with Gasteiger partial charge in [-0.05, 0) is 179 Å². The monoisotopic (exact) mass is 659 g/mol. The summed E-state index contributed by atoms with van der Waals surface area (Å²) in [6.45, 7) is 27.2. The number of likely N-dealkylation sites (tertiary alicyclic amines) is 1. The number of allylic oxidation sites excluding steroid dienone is 5. The minimum atomic E-state index is -0.640. The summed E-state index contributed by atoms with van der Waals surface area (Å²) in [7, 11) is 0. The van der Waals surface area contributed by atoms with Crippen LogP contribution in [0.4, 0.5) is 0 Å². The molecule has 0 aromatic rings. The van der Waals surface area contributed by atoms with Crippen LogP contribution in [0.15, 0.2) is 35.5 Å².